The van der Waals surface area contributed by atoms with Gasteiger partial charge in [-0.15, -0.1) is 0 Å². The van der Waals surface area contributed by atoms with Gasteiger partial charge in [0, 0.05) is 0 Å². The van der Waals surface area contributed by atoms with Crippen LogP contribution in [0.3, 0.4) is 0 Å². The average molecular weight is 187 g/mol. The summed E-state index contributed by atoms with van der Waals surface area (Å²) in [6.45, 7) is -0.516. The number of nitrogens with one attached hydrogen (secondary N) is 1. The Bertz CT molecular complexity index is 308. The van der Waals surface area contributed by atoms with Crippen molar-refractivity contribution in [2.75, 3.05) is 11.9 Å². The summed E-state index contributed by atoms with van der Waals surface area (Å²) in [6, 6.07) is 3.30. The molecule has 1 rings (SSSR count). The van der Waals surface area contributed by atoms with E-state index in [9.17, 15) is 13.6 Å². The van der Waals surface area contributed by atoms with Crippen molar-refractivity contribution in [3.8, 4) is 0 Å². The van der Waals surface area contributed by atoms with E-state index in [0.29, 0.717) is 0 Å². The number of aliphatic carboxylic acids is 1. The Balaban J connectivity index is 2.81. The fourth-order valence-electron chi connectivity index (χ4n) is 0.831. The molecular formula is C8H7F2NO2. The molecule has 0 saturated carbocycles. The molecule has 1 aromatic carbocycles. The highest BCUT2D eigenvalue weighted by molar-refractivity contribution is 5.72. The predicted molar refractivity (Wildman–Crippen MR) is 42.5 cm³/mol. The van der Waals surface area contributed by atoms with Gasteiger partial charge in [-0.1, -0.05) is 6.07 Å². The quantitative estimate of drug-likeness (QED) is 0.753. The van der Waals surface area contributed by atoms with Gasteiger partial charge in [0.15, 0.2) is 0 Å². The second-order valence-corrected chi connectivity index (χ2v) is 2.34. The van der Waals surface area contributed by atoms with Gasteiger partial charge in [-0.3, -0.25) is 4.79 Å². The molecule has 0 aliphatic carbocycles. The molecule has 0 radical (unpaired) electrons. The summed E-state index contributed by atoms with van der Waals surface area (Å²) in [5, 5.41) is 10.4. The molecule has 0 fully saturated rings. The Labute approximate surface area is 73.0 Å². The van der Waals surface area contributed by atoms with E-state index < -0.39 is 29.8 Å². The summed E-state index contributed by atoms with van der Waals surface area (Å²) in [7, 11) is 0. The van der Waals surface area contributed by atoms with Gasteiger partial charge in [0.1, 0.15) is 23.9 Å². The van der Waals surface area contributed by atoms with Crippen LogP contribution in [0.1, 0.15) is 0 Å². The Morgan fingerprint density at radius 1 is 1.38 bits per heavy atom. The summed E-state index contributed by atoms with van der Waals surface area (Å²) in [5.74, 6) is -2.79. The Morgan fingerprint density at radius 2 is 1.92 bits per heavy atom. The first kappa shape index (κ1) is 9.44. The molecule has 3 nitrogen and oxygen atoms in total. The van der Waals surface area contributed by atoms with Crippen LogP contribution in [-0.2, 0) is 4.79 Å². The van der Waals surface area contributed by atoms with Gasteiger partial charge in [-0.25, -0.2) is 8.78 Å². The molecule has 1 aromatic rings. The maximum atomic E-state index is 12.8. The van der Waals surface area contributed by atoms with Gasteiger partial charge in [0.05, 0.1) is 0 Å². The molecule has 0 aliphatic heterocycles. The van der Waals surface area contributed by atoms with Crippen molar-refractivity contribution < 1.29 is 18.7 Å². The molecule has 0 atom stereocenters. The second kappa shape index (κ2) is 3.84. The number of carbonyl (C=O) groups is 1. The van der Waals surface area contributed by atoms with Crippen molar-refractivity contribution >= 4 is 11.7 Å². The summed E-state index contributed by atoms with van der Waals surface area (Å²) in [6.07, 6.45) is 0. The molecule has 0 unspecified atom stereocenters. The highest BCUT2D eigenvalue weighted by Crippen LogP contribution is 2.17. The normalized spacial score (nSPS) is 9.69. The fraction of sp³-hybridized carbons (Fsp3) is 0.125. The number of hydrogen-bond donors (Lipinski definition) is 2. The van der Waals surface area contributed by atoms with Crippen molar-refractivity contribution in [1.82, 2.24) is 0 Å². The van der Waals surface area contributed by atoms with E-state index in [1.54, 1.807) is 0 Å². The van der Waals surface area contributed by atoms with E-state index in [2.05, 4.69) is 5.32 Å². The number of carboxylic acid groups (broad SMARTS) is 1. The van der Waals surface area contributed by atoms with E-state index in [0.717, 1.165) is 12.1 Å². The summed E-state index contributed by atoms with van der Waals surface area (Å²) in [5.41, 5.74) is -0.412. The van der Waals surface area contributed by atoms with Crippen molar-refractivity contribution in [1.29, 1.82) is 0 Å². The molecule has 2 N–H and O–H groups in total. The van der Waals surface area contributed by atoms with Crippen molar-refractivity contribution in [3.63, 3.8) is 0 Å². The van der Waals surface area contributed by atoms with Crippen LogP contribution in [0.2, 0.25) is 0 Å². The van der Waals surface area contributed by atoms with Crippen LogP contribution >= 0.6 is 0 Å². The summed E-state index contributed by atoms with van der Waals surface area (Å²) in [4.78, 5) is 10.1. The Morgan fingerprint density at radius 3 is 2.38 bits per heavy atom. The van der Waals surface area contributed by atoms with E-state index in [1.807, 2.05) is 0 Å². The molecule has 0 saturated heterocycles. The lowest BCUT2D eigenvalue weighted by atomic mass is 10.3. The Kier molecular flexibility index (Phi) is 2.79. The third-order valence-corrected chi connectivity index (χ3v) is 1.38. The zero-order valence-corrected chi connectivity index (χ0v) is 6.55. The number of hydrogen-bond acceptors (Lipinski definition) is 2. The van der Waals surface area contributed by atoms with E-state index in [1.165, 1.54) is 6.07 Å². The van der Waals surface area contributed by atoms with Gasteiger partial charge >= 0.3 is 5.97 Å². The average Bonchev–Trinajstić information content (AvgIpc) is 2.03. The van der Waals surface area contributed by atoms with Gasteiger partial charge < -0.3 is 10.4 Å². The van der Waals surface area contributed by atoms with Crippen molar-refractivity contribution in [3.05, 3.63) is 29.8 Å². The SMILES string of the molecule is O=C(O)CNc1c(F)cccc1F. The number of para-hydroxylation sites is 1. The van der Waals surface area contributed by atoms with Gasteiger partial charge in [0.25, 0.3) is 0 Å². The molecule has 5 heteroatoms. The number of benzene rings is 1. The van der Waals surface area contributed by atoms with Crippen LogP contribution in [0.4, 0.5) is 14.5 Å². The monoisotopic (exact) mass is 187 g/mol. The molecule has 0 aliphatic rings. The lowest BCUT2D eigenvalue weighted by molar-refractivity contribution is -0.134. The van der Waals surface area contributed by atoms with Crippen LogP contribution < -0.4 is 5.32 Å². The highest BCUT2D eigenvalue weighted by atomic mass is 19.1. The summed E-state index contributed by atoms with van der Waals surface area (Å²) >= 11 is 0. The third-order valence-electron chi connectivity index (χ3n) is 1.38. The topological polar surface area (TPSA) is 49.3 Å². The first-order valence-corrected chi connectivity index (χ1v) is 3.51. The van der Waals surface area contributed by atoms with E-state index >= 15 is 0 Å². The van der Waals surface area contributed by atoms with Crippen LogP contribution in [0, 0.1) is 11.6 Å². The molecule has 0 bridgehead atoms. The highest BCUT2D eigenvalue weighted by Gasteiger charge is 2.08. The number of carboxylic acids is 1. The maximum Gasteiger partial charge on any atom is 0.322 e. The number of rotatable bonds is 3. The number of anilines is 1. The van der Waals surface area contributed by atoms with Crippen LogP contribution in [0.5, 0.6) is 0 Å². The standard InChI is InChI=1S/C8H7F2NO2/c9-5-2-1-3-6(10)8(5)11-4-7(12)13/h1-3,11H,4H2,(H,12,13). The smallest absolute Gasteiger partial charge is 0.322 e. The van der Waals surface area contributed by atoms with Crippen molar-refractivity contribution in [2.45, 2.75) is 0 Å². The largest absolute Gasteiger partial charge is 0.480 e. The molecular weight excluding hydrogens is 180 g/mol. The number of halogens is 2. The van der Waals surface area contributed by atoms with Crippen LogP contribution in [0.25, 0.3) is 0 Å². The lowest BCUT2D eigenvalue weighted by Crippen LogP contribution is -2.14. The zero-order chi connectivity index (χ0) is 9.84. The zero-order valence-electron chi connectivity index (χ0n) is 6.55. The van der Waals surface area contributed by atoms with E-state index in [4.69, 9.17) is 5.11 Å². The fourth-order valence-corrected chi connectivity index (χ4v) is 0.831. The van der Waals surface area contributed by atoms with E-state index in [-0.39, 0.29) is 0 Å². The molecule has 0 amide bonds. The second-order valence-electron chi connectivity index (χ2n) is 2.34. The molecule has 70 valence electrons. The molecule has 0 spiro atoms. The molecule has 0 aromatic heterocycles. The first-order chi connectivity index (χ1) is 6.11. The van der Waals surface area contributed by atoms with Gasteiger partial charge in [0.2, 0.25) is 0 Å². The Hall–Kier alpha value is -1.65. The third kappa shape index (κ3) is 2.40. The minimum Gasteiger partial charge on any atom is -0.480 e. The first-order valence-electron chi connectivity index (χ1n) is 3.51. The minimum absolute atomic E-state index is 0.412. The molecule has 13 heavy (non-hydrogen) atoms. The maximum absolute atomic E-state index is 12.8. The van der Waals surface area contributed by atoms with Crippen LogP contribution in [-0.4, -0.2) is 17.6 Å². The van der Waals surface area contributed by atoms with Gasteiger partial charge in [-0.05, 0) is 12.1 Å². The van der Waals surface area contributed by atoms with Gasteiger partial charge in [-0.2, -0.15) is 0 Å². The van der Waals surface area contributed by atoms with Crippen molar-refractivity contribution in [2.24, 2.45) is 0 Å². The lowest BCUT2D eigenvalue weighted by Gasteiger charge is -2.05. The summed E-state index contributed by atoms with van der Waals surface area (Å²) < 4.78 is 25.6. The van der Waals surface area contributed by atoms with Crippen LogP contribution in [0.15, 0.2) is 18.2 Å². The minimum atomic E-state index is -1.18. The molecule has 0 heterocycles. The predicted octanol–water partition coefficient (Wildman–Crippen LogP) is 1.46.